The van der Waals surface area contributed by atoms with Crippen LogP contribution in [0.15, 0.2) is 78.6 Å². The molecule has 0 atom stereocenters. The summed E-state index contributed by atoms with van der Waals surface area (Å²) in [5, 5.41) is 0. The summed E-state index contributed by atoms with van der Waals surface area (Å²) < 4.78 is 8.58. The average molecular weight is 339 g/mol. The largest absolute Gasteiger partial charge is 0.457 e. The molecule has 1 aliphatic heterocycles. The number of para-hydroxylation sites is 3. The Kier molecular flexibility index (Phi) is 3.22. The van der Waals surface area contributed by atoms with Crippen LogP contribution < -0.4 is 9.30 Å². The zero-order valence-corrected chi connectivity index (χ0v) is 14.8. The lowest BCUT2D eigenvalue weighted by atomic mass is 9.97. The van der Waals surface area contributed by atoms with Crippen molar-refractivity contribution >= 4 is 16.7 Å². The van der Waals surface area contributed by atoms with Crippen LogP contribution in [0.4, 0.5) is 0 Å². The number of hydrogen-bond acceptors (Lipinski definition) is 1. The molecule has 126 valence electrons. The number of imidazole rings is 1. The van der Waals surface area contributed by atoms with Gasteiger partial charge in [0.1, 0.15) is 11.5 Å². The van der Waals surface area contributed by atoms with Gasteiger partial charge in [0.2, 0.25) is 0 Å². The topological polar surface area (TPSA) is 28.9 Å². The van der Waals surface area contributed by atoms with Crippen LogP contribution in [-0.2, 0) is 0 Å². The maximum atomic E-state index is 6.32. The predicted molar refractivity (Wildman–Crippen MR) is 104 cm³/mol. The molecule has 0 unspecified atom stereocenters. The summed E-state index contributed by atoms with van der Waals surface area (Å²) in [6.07, 6.45) is 0. The Morgan fingerprint density at radius 3 is 2.23 bits per heavy atom. The third kappa shape index (κ3) is 2.10. The fraction of sp³-hybridized carbons (Fsp3) is 0.0870. The number of ether oxygens (including phenoxy) is 1. The van der Waals surface area contributed by atoms with Crippen molar-refractivity contribution in [3.05, 3.63) is 89.9 Å². The van der Waals surface area contributed by atoms with Gasteiger partial charge in [-0.15, -0.1) is 0 Å². The van der Waals surface area contributed by atoms with Gasteiger partial charge in [0.05, 0.1) is 0 Å². The molecule has 0 aliphatic carbocycles. The highest BCUT2D eigenvalue weighted by Crippen LogP contribution is 2.39. The lowest BCUT2D eigenvalue weighted by molar-refractivity contribution is -0.558. The monoisotopic (exact) mass is 339 g/mol. The van der Waals surface area contributed by atoms with Gasteiger partial charge in [-0.3, -0.25) is 0 Å². The van der Waals surface area contributed by atoms with Crippen LogP contribution in [0.2, 0.25) is 0 Å². The molecular formula is C23H19N2O+. The first kappa shape index (κ1) is 15.0. The van der Waals surface area contributed by atoms with E-state index in [9.17, 15) is 0 Å². The molecule has 3 aromatic carbocycles. The molecule has 3 heteroatoms. The Hall–Kier alpha value is -3.33. The maximum absolute atomic E-state index is 6.32. The maximum Gasteiger partial charge on any atom is 0.257 e. The fourth-order valence-electron chi connectivity index (χ4n) is 3.88. The van der Waals surface area contributed by atoms with Crippen molar-refractivity contribution < 1.29 is 9.30 Å². The van der Waals surface area contributed by atoms with Gasteiger partial charge in [0.15, 0.2) is 16.7 Å². The fourth-order valence-corrected chi connectivity index (χ4v) is 3.88. The normalized spacial score (nSPS) is 13.2. The summed E-state index contributed by atoms with van der Waals surface area (Å²) in [6.45, 7) is 4.14. The Bertz CT molecular complexity index is 1180. The van der Waals surface area contributed by atoms with Gasteiger partial charge >= 0.3 is 0 Å². The highest BCUT2D eigenvalue weighted by molar-refractivity contribution is 5.85. The number of fused-ring (bicyclic) bond motifs is 4. The van der Waals surface area contributed by atoms with Crippen LogP contribution in [0, 0.1) is 6.92 Å². The van der Waals surface area contributed by atoms with E-state index >= 15 is 0 Å². The van der Waals surface area contributed by atoms with Crippen LogP contribution in [0.25, 0.3) is 27.9 Å². The summed E-state index contributed by atoms with van der Waals surface area (Å²) >= 11 is 0. The Morgan fingerprint density at radius 1 is 0.731 bits per heavy atom. The zero-order chi connectivity index (χ0) is 17.7. The molecule has 1 aromatic heterocycles. The van der Waals surface area contributed by atoms with Crippen LogP contribution in [-0.4, -0.2) is 4.98 Å². The Morgan fingerprint density at radius 2 is 1.38 bits per heavy atom. The van der Waals surface area contributed by atoms with Gasteiger partial charge in [-0.1, -0.05) is 48.5 Å². The van der Waals surface area contributed by atoms with E-state index in [2.05, 4.69) is 77.1 Å². The molecule has 0 saturated heterocycles. The second-order valence-electron chi connectivity index (χ2n) is 6.61. The number of aromatic nitrogens is 2. The molecule has 0 radical (unpaired) electrons. The number of nitrogens with one attached hydrogen (secondary N) is 1. The van der Waals surface area contributed by atoms with Crippen LogP contribution in [0.1, 0.15) is 18.3 Å². The van der Waals surface area contributed by atoms with E-state index in [0.717, 1.165) is 39.6 Å². The molecule has 0 bridgehead atoms. The summed E-state index contributed by atoms with van der Waals surface area (Å²) in [5.74, 6) is 2.86. The summed E-state index contributed by atoms with van der Waals surface area (Å²) in [4.78, 5) is 3.49. The standard InChI is InChI=1S/C23H18N2O/c1-15-23(25-16(2)24-20-12-6-7-13-21(20)25)19-11-4-3-9-17(19)18-10-5-8-14-22(18)26-15/h3-14H,1-2H3/p+1. The van der Waals surface area contributed by atoms with E-state index in [1.807, 2.05) is 19.1 Å². The van der Waals surface area contributed by atoms with E-state index in [1.54, 1.807) is 0 Å². The minimum Gasteiger partial charge on any atom is -0.457 e. The number of benzene rings is 3. The molecule has 4 aromatic rings. The van der Waals surface area contributed by atoms with E-state index in [-0.39, 0.29) is 0 Å². The molecule has 1 aliphatic rings. The number of allylic oxidation sites excluding steroid dienone is 1. The van der Waals surface area contributed by atoms with Crippen LogP contribution in [0.3, 0.4) is 0 Å². The van der Waals surface area contributed by atoms with Crippen molar-refractivity contribution in [2.45, 2.75) is 13.8 Å². The van der Waals surface area contributed by atoms with Crippen molar-refractivity contribution in [2.24, 2.45) is 0 Å². The van der Waals surface area contributed by atoms with E-state index in [0.29, 0.717) is 0 Å². The van der Waals surface area contributed by atoms with Crippen LogP contribution >= 0.6 is 0 Å². The number of aromatic amines is 1. The summed E-state index contributed by atoms with van der Waals surface area (Å²) in [5.41, 5.74) is 6.82. The van der Waals surface area contributed by atoms with E-state index in [4.69, 9.17) is 4.74 Å². The second-order valence-corrected chi connectivity index (χ2v) is 6.61. The lowest BCUT2D eigenvalue weighted by Gasteiger charge is -2.10. The van der Waals surface area contributed by atoms with Gasteiger partial charge in [-0.25, -0.2) is 4.98 Å². The van der Waals surface area contributed by atoms with Gasteiger partial charge in [-0.2, -0.15) is 4.57 Å². The zero-order valence-electron chi connectivity index (χ0n) is 14.8. The second kappa shape index (κ2) is 5.60. The molecule has 0 spiro atoms. The first-order valence-corrected chi connectivity index (χ1v) is 8.81. The molecule has 3 nitrogen and oxygen atoms in total. The lowest BCUT2D eigenvalue weighted by Crippen LogP contribution is -2.36. The third-order valence-electron chi connectivity index (χ3n) is 4.98. The van der Waals surface area contributed by atoms with Gasteiger partial charge in [-0.05, 0) is 36.8 Å². The first-order valence-electron chi connectivity index (χ1n) is 8.81. The average Bonchev–Trinajstić information content (AvgIpc) is 2.93. The summed E-state index contributed by atoms with van der Waals surface area (Å²) in [7, 11) is 0. The predicted octanol–water partition coefficient (Wildman–Crippen LogP) is 5.06. The van der Waals surface area contributed by atoms with Crippen molar-refractivity contribution in [2.75, 3.05) is 0 Å². The quantitative estimate of drug-likeness (QED) is 0.483. The third-order valence-corrected chi connectivity index (χ3v) is 4.98. The van der Waals surface area contributed by atoms with Crippen molar-refractivity contribution in [1.29, 1.82) is 0 Å². The number of aryl methyl sites for hydroxylation is 1. The molecule has 1 N–H and O–H groups in total. The number of H-pyrrole nitrogens is 1. The molecule has 26 heavy (non-hydrogen) atoms. The first-order chi connectivity index (χ1) is 12.7. The smallest absolute Gasteiger partial charge is 0.257 e. The molecule has 2 heterocycles. The van der Waals surface area contributed by atoms with E-state index < -0.39 is 0 Å². The van der Waals surface area contributed by atoms with Gasteiger partial charge in [0.25, 0.3) is 5.82 Å². The highest BCUT2D eigenvalue weighted by Gasteiger charge is 2.28. The minimum atomic E-state index is 0.889. The number of hydrogen-bond donors (Lipinski definition) is 1. The minimum absolute atomic E-state index is 0.889. The number of rotatable bonds is 1. The van der Waals surface area contributed by atoms with Gasteiger partial charge in [0, 0.05) is 18.1 Å². The van der Waals surface area contributed by atoms with Crippen molar-refractivity contribution in [1.82, 2.24) is 4.98 Å². The van der Waals surface area contributed by atoms with Crippen LogP contribution in [0.5, 0.6) is 5.75 Å². The molecule has 0 fully saturated rings. The molecule has 0 amide bonds. The van der Waals surface area contributed by atoms with Crippen molar-refractivity contribution in [3.63, 3.8) is 0 Å². The molecule has 0 saturated carbocycles. The van der Waals surface area contributed by atoms with Gasteiger partial charge < -0.3 is 4.74 Å². The Balaban J connectivity index is 1.89. The SMILES string of the molecule is CC1=C([n+]2c(C)[nH]c3ccccc32)c2ccccc2-c2ccccc2O1. The highest BCUT2D eigenvalue weighted by atomic mass is 16.5. The summed E-state index contributed by atoms with van der Waals surface area (Å²) in [6, 6.07) is 25.1. The molecular weight excluding hydrogens is 320 g/mol. The Labute approximate surface area is 152 Å². The van der Waals surface area contributed by atoms with Crippen molar-refractivity contribution in [3.8, 4) is 16.9 Å². The number of nitrogens with zero attached hydrogens (tertiary/aromatic N) is 1. The molecule has 5 rings (SSSR count). The van der Waals surface area contributed by atoms with E-state index in [1.165, 1.54) is 11.1 Å².